The molecular formula is C8H5ClN4O2. The number of H-pyrrole nitrogens is 1. The molecule has 0 radical (unpaired) electrons. The minimum Gasteiger partial charge on any atom is -0.258 e. The number of aromatic amines is 1. The van der Waals surface area contributed by atoms with Crippen molar-refractivity contribution in [2.75, 3.05) is 0 Å². The van der Waals surface area contributed by atoms with Gasteiger partial charge in [-0.1, -0.05) is 17.7 Å². The number of hydrogen-bond donors (Lipinski definition) is 1. The van der Waals surface area contributed by atoms with E-state index in [0.29, 0.717) is 5.69 Å². The highest BCUT2D eigenvalue weighted by molar-refractivity contribution is 6.33. The molecule has 0 saturated heterocycles. The van der Waals surface area contributed by atoms with Gasteiger partial charge in [-0.15, -0.1) is 0 Å². The molecule has 0 bridgehead atoms. The van der Waals surface area contributed by atoms with Gasteiger partial charge < -0.3 is 0 Å². The molecule has 0 atom stereocenters. The van der Waals surface area contributed by atoms with Crippen LogP contribution < -0.4 is 0 Å². The highest BCUT2D eigenvalue weighted by Crippen LogP contribution is 2.34. The molecule has 7 heteroatoms. The number of rotatable bonds is 2. The molecule has 0 spiro atoms. The van der Waals surface area contributed by atoms with Crippen LogP contribution in [0.3, 0.4) is 0 Å². The van der Waals surface area contributed by atoms with Crippen molar-refractivity contribution in [2.24, 2.45) is 0 Å². The van der Waals surface area contributed by atoms with Crippen LogP contribution in [-0.2, 0) is 0 Å². The maximum Gasteiger partial charge on any atom is 0.280 e. The molecule has 0 aliphatic rings. The molecule has 2 aromatic rings. The van der Waals surface area contributed by atoms with Crippen molar-refractivity contribution in [1.29, 1.82) is 0 Å². The molecule has 0 unspecified atom stereocenters. The van der Waals surface area contributed by atoms with Crippen LogP contribution in [0.25, 0.3) is 11.3 Å². The van der Waals surface area contributed by atoms with E-state index in [1.165, 1.54) is 18.3 Å². The highest BCUT2D eigenvalue weighted by Gasteiger charge is 2.19. The second-order valence-corrected chi connectivity index (χ2v) is 3.15. The quantitative estimate of drug-likeness (QED) is 0.625. The van der Waals surface area contributed by atoms with E-state index in [4.69, 9.17) is 11.6 Å². The summed E-state index contributed by atoms with van der Waals surface area (Å²) in [4.78, 5) is 10.3. The average Bonchev–Trinajstić information content (AvgIpc) is 2.70. The molecule has 1 aromatic heterocycles. The number of aromatic nitrogens is 3. The molecule has 0 aliphatic carbocycles. The monoisotopic (exact) mass is 224 g/mol. The molecule has 1 aromatic carbocycles. The van der Waals surface area contributed by atoms with Crippen LogP contribution in [0, 0.1) is 10.1 Å². The van der Waals surface area contributed by atoms with Crippen molar-refractivity contribution in [3.8, 4) is 11.3 Å². The van der Waals surface area contributed by atoms with Crippen LogP contribution in [0.15, 0.2) is 24.4 Å². The summed E-state index contributed by atoms with van der Waals surface area (Å²) in [6.45, 7) is 0. The number of hydrogen-bond acceptors (Lipinski definition) is 4. The lowest BCUT2D eigenvalue weighted by Crippen LogP contribution is -1.92. The number of nitrogens with one attached hydrogen (secondary N) is 1. The Labute approximate surface area is 89.0 Å². The van der Waals surface area contributed by atoms with Crippen LogP contribution in [0.5, 0.6) is 0 Å². The minimum atomic E-state index is -0.504. The van der Waals surface area contributed by atoms with Crippen LogP contribution in [-0.4, -0.2) is 20.3 Å². The van der Waals surface area contributed by atoms with Crippen molar-refractivity contribution in [2.45, 2.75) is 0 Å². The lowest BCUT2D eigenvalue weighted by Gasteiger charge is -2.00. The average molecular weight is 225 g/mol. The number of halogens is 1. The Hall–Kier alpha value is -1.95. The van der Waals surface area contributed by atoms with Gasteiger partial charge in [0.15, 0.2) is 0 Å². The summed E-state index contributed by atoms with van der Waals surface area (Å²) >= 11 is 5.88. The molecule has 76 valence electrons. The van der Waals surface area contributed by atoms with Crippen molar-refractivity contribution >= 4 is 17.3 Å². The largest absolute Gasteiger partial charge is 0.280 e. The normalized spacial score (nSPS) is 10.2. The topological polar surface area (TPSA) is 84.7 Å². The van der Waals surface area contributed by atoms with E-state index < -0.39 is 4.92 Å². The van der Waals surface area contributed by atoms with Crippen LogP contribution >= 0.6 is 11.6 Å². The third-order valence-corrected chi connectivity index (χ3v) is 2.17. The molecule has 1 heterocycles. The van der Waals surface area contributed by atoms with Crippen molar-refractivity contribution in [3.05, 3.63) is 39.5 Å². The number of nitrogens with zero attached hydrogens (tertiary/aromatic N) is 3. The van der Waals surface area contributed by atoms with Crippen molar-refractivity contribution in [3.63, 3.8) is 0 Å². The summed E-state index contributed by atoms with van der Waals surface area (Å²) < 4.78 is 0. The van der Waals surface area contributed by atoms with E-state index >= 15 is 0 Å². The lowest BCUT2D eigenvalue weighted by molar-refractivity contribution is -0.384. The third kappa shape index (κ3) is 1.66. The van der Waals surface area contributed by atoms with Gasteiger partial charge in [0, 0.05) is 6.07 Å². The summed E-state index contributed by atoms with van der Waals surface area (Å²) in [6.07, 6.45) is 1.38. The predicted molar refractivity (Wildman–Crippen MR) is 53.5 cm³/mol. The predicted octanol–water partition coefficient (Wildman–Crippen LogP) is 2.03. The molecular weight excluding hydrogens is 220 g/mol. The van der Waals surface area contributed by atoms with Gasteiger partial charge in [-0.05, 0) is 6.07 Å². The Morgan fingerprint density at radius 1 is 1.47 bits per heavy atom. The standard InChI is InChI=1S/C8H5ClN4O2/c9-5-2-1-3-7(13(14)15)8(5)6-4-10-12-11-6/h1-4H,(H,10,11,12). The first-order chi connectivity index (χ1) is 7.20. The van der Waals surface area contributed by atoms with Gasteiger partial charge in [-0.2, -0.15) is 15.4 Å². The first-order valence-electron chi connectivity index (χ1n) is 3.99. The zero-order valence-corrected chi connectivity index (χ0v) is 8.10. The van der Waals surface area contributed by atoms with Crippen LogP contribution in [0.4, 0.5) is 5.69 Å². The minimum absolute atomic E-state index is 0.0867. The van der Waals surface area contributed by atoms with E-state index in [0.717, 1.165) is 0 Å². The zero-order chi connectivity index (χ0) is 10.8. The van der Waals surface area contributed by atoms with Gasteiger partial charge in [-0.3, -0.25) is 10.1 Å². The summed E-state index contributed by atoms with van der Waals surface area (Å²) in [7, 11) is 0. The van der Waals surface area contributed by atoms with Gasteiger partial charge in [0.2, 0.25) is 0 Å². The zero-order valence-electron chi connectivity index (χ0n) is 7.35. The molecule has 15 heavy (non-hydrogen) atoms. The summed E-state index contributed by atoms with van der Waals surface area (Å²) in [5.74, 6) is 0. The molecule has 0 aliphatic heterocycles. The van der Waals surface area contributed by atoms with E-state index in [-0.39, 0.29) is 16.3 Å². The van der Waals surface area contributed by atoms with Crippen LogP contribution in [0.1, 0.15) is 0 Å². The number of benzene rings is 1. The van der Waals surface area contributed by atoms with Gasteiger partial charge in [0.1, 0.15) is 11.3 Å². The number of nitro groups is 1. The Kier molecular flexibility index (Phi) is 2.34. The van der Waals surface area contributed by atoms with Crippen molar-refractivity contribution < 1.29 is 4.92 Å². The van der Waals surface area contributed by atoms with E-state index in [1.807, 2.05) is 0 Å². The van der Waals surface area contributed by atoms with Gasteiger partial charge >= 0.3 is 0 Å². The fourth-order valence-electron chi connectivity index (χ4n) is 1.24. The third-order valence-electron chi connectivity index (χ3n) is 1.86. The van der Waals surface area contributed by atoms with Crippen molar-refractivity contribution in [1.82, 2.24) is 15.4 Å². The van der Waals surface area contributed by atoms with Gasteiger partial charge in [0.25, 0.3) is 5.69 Å². The fourth-order valence-corrected chi connectivity index (χ4v) is 1.51. The smallest absolute Gasteiger partial charge is 0.258 e. The SMILES string of the molecule is O=[N+]([O-])c1cccc(Cl)c1-c1cn[nH]n1. The lowest BCUT2D eigenvalue weighted by atomic mass is 10.1. The first-order valence-corrected chi connectivity index (χ1v) is 4.37. The second kappa shape index (κ2) is 3.66. The number of nitro benzene ring substituents is 1. The summed E-state index contributed by atoms with van der Waals surface area (Å²) in [5, 5.41) is 20.8. The van der Waals surface area contributed by atoms with Gasteiger partial charge in [-0.25, -0.2) is 0 Å². The molecule has 0 saturated carbocycles. The maximum absolute atomic E-state index is 10.8. The Morgan fingerprint density at radius 3 is 2.87 bits per heavy atom. The Balaban J connectivity index is 2.68. The Bertz CT molecular complexity index is 497. The van der Waals surface area contributed by atoms with E-state index in [1.54, 1.807) is 6.07 Å². The van der Waals surface area contributed by atoms with Crippen LogP contribution in [0.2, 0.25) is 5.02 Å². The molecule has 2 rings (SSSR count). The molecule has 0 fully saturated rings. The molecule has 1 N–H and O–H groups in total. The van der Waals surface area contributed by atoms with E-state index in [9.17, 15) is 10.1 Å². The first kappa shape index (κ1) is 9.60. The molecule has 0 amide bonds. The molecule has 6 nitrogen and oxygen atoms in total. The Morgan fingerprint density at radius 2 is 2.27 bits per heavy atom. The maximum atomic E-state index is 10.8. The second-order valence-electron chi connectivity index (χ2n) is 2.75. The summed E-state index contributed by atoms with van der Waals surface area (Å²) in [6, 6.07) is 4.46. The highest BCUT2D eigenvalue weighted by atomic mass is 35.5. The van der Waals surface area contributed by atoms with E-state index in [2.05, 4.69) is 15.4 Å². The van der Waals surface area contributed by atoms with Gasteiger partial charge in [0.05, 0.1) is 16.1 Å². The fraction of sp³-hybridized carbons (Fsp3) is 0. The summed E-state index contributed by atoms with van der Waals surface area (Å²) in [5.41, 5.74) is 0.543.